The number of rotatable bonds is 6. The van der Waals surface area contributed by atoms with E-state index < -0.39 is 0 Å². The lowest BCUT2D eigenvalue weighted by atomic mass is 9.70. The van der Waals surface area contributed by atoms with Gasteiger partial charge in [0.15, 0.2) is 0 Å². The van der Waals surface area contributed by atoms with Crippen LogP contribution in [0.15, 0.2) is 84.9 Å². The molecule has 1 fully saturated rings. The van der Waals surface area contributed by atoms with Crippen LogP contribution in [0.4, 0.5) is 5.69 Å². The average molecular weight is 413 g/mol. The second kappa shape index (κ2) is 9.27. The van der Waals surface area contributed by atoms with Crippen LogP contribution in [-0.2, 0) is 16.8 Å². The van der Waals surface area contributed by atoms with Crippen molar-refractivity contribution >= 4 is 17.4 Å². The van der Waals surface area contributed by atoms with Crippen molar-refractivity contribution in [3.8, 4) is 0 Å². The van der Waals surface area contributed by atoms with Crippen LogP contribution in [0.3, 0.4) is 0 Å². The van der Waals surface area contributed by atoms with Crippen molar-refractivity contribution in [3.05, 3.63) is 102 Å². The molecule has 0 aliphatic carbocycles. The van der Waals surface area contributed by atoms with E-state index in [2.05, 4.69) is 28.4 Å². The predicted octanol–water partition coefficient (Wildman–Crippen LogP) is 5.06. The first kappa shape index (κ1) is 21.0. The Morgan fingerprint density at radius 3 is 2.16 bits per heavy atom. The van der Waals surface area contributed by atoms with E-state index in [1.54, 1.807) is 6.92 Å². The van der Waals surface area contributed by atoms with Gasteiger partial charge in [0.25, 0.3) is 5.91 Å². The summed E-state index contributed by atoms with van der Waals surface area (Å²) >= 11 is 0. The highest BCUT2D eigenvalue weighted by Crippen LogP contribution is 2.36. The first-order valence-electron chi connectivity index (χ1n) is 10.8. The zero-order valence-electron chi connectivity index (χ0n) is 17.9. The number of nitrogens with one attached hydrogen (secondary N) is 1. The fourth-order valence-corrected chi connectivity index (χ4v) is 4.49. The lowest BCUT2D eigenvalue weighted by Gasteiger charge is -2.40. The van der Waals surface area contributed by atoms with Crippen LogP contribution in [0.1, 0.15) is 41.3 Å². The minimum absolute atomic E-state index is 0.105. The molecule has 0 aromatic heterocycles. The zero-order chi connectivity index (χ0) is 21.7. The molecular formula is C27H28N2O2. The normalized spacial score (nSPS) is 15.9. The van der Waals surface area contributed by atoms with Gasteiger partial charge in [-0.3, -0.25) is 14.5 Å². The largest absolute Gasteiger partial charge is 0.322 e. The molecule has 0 saturated carbocycles. The molecule has 0 bridgehead atoms. The van der Waals surface area contributed by atoms with Gasteiger partial charge >= 0.3 is 0 Å². The van der Waals surface area contributed by atoms with E-state index in [9.17, 15) is 9.59 Å². The lowest BCUT2D eigenvalue weighted by molar-refractivity contribution is -0.124. The molecule has 4 rings (SSSR count). The molecule has 0 unspecified atom stereocenters. The van der Waals surface area contributed by atoms with Crippen LogP contribution >= 0.6 is 0 Å². The Labute approximate surface area is 183 Å². The van der Waals surface area contributed by atoms with Crippen LogP contribution in [0.5, 0.6) is 0 Å². The van der Waals surface area contributed by atoms with Gasteiger partial charge in [0.2, 0.25) is 0 Å². The van der Waals surface area contributed by atoms with E-state index in [1.165, 1.54) is 0 Å². The topological polar surface area (TPSA) is 49.4 Å². The molecule has 0 radical (unpaired) electrons. The molecule has 1 aliphatic heterocycles. The average Bonchev–Trinajstić information content (AvgIpc) is 2.81. The quantitative estimate of drug-likeness (QED) is 0.616. The highest BCUT2D eigenvalue weighted by atomic mass is 16.1. The second-order valence-corrected chi connectivity index (χ2v) is 8.30. The van der Waals surface area contributed by atoms with E-state index in [-0.39, 0.29) is 17.1 Å². The molecule has 3 aromatic rings. The fourth-order valence-electron chi connectivity index (χ4n) is 4.49. The Morgan fingerprint density at radius 2 is 1.52 bits per heavy atom. The molecule has 1 heterocycles. The lowest BCUT2D eigenvalue weighted by Crippen LogP contribution is -2.46. The van der Waals surface area contributed by atoms with Crippen LogP contribution in [-0.4, -0.2) is 29.7 Å². The number of hydrogen-bond acceptors (Lipinski definition) is 3. The molecule has 1 N–H and O–H groups in total. The van der Waals surface area contributed by atoms with Gasteiger partial charge < -0.3 is 5.32 Å². The Hall–Kier alpha value is -3.24. The number of amides is 1. The van der Waals surface area contributed by atoms with Gasteiger partial charge in [0.1, 0.15) is 5.78 Å². The fraction of sp³-hybridized carbons (Fsp3) is 0.259. The van der Waals surface area contributed by atoms with Gasteiger partial charge in [-0.2, -0.15) is 0 Å². The van der Waals surface area contributed by atoms with E-state index in [4.69, 9.17) is 0 Å². The Bertz CT molecular complexity index is 1040. The van der Waals surface area contributed by atoms with Crippen LogP contribution in [0.2, 0.25) is 0 Å². The standard InChI is InChI=1S/C27H28N2O2/c1-21(30)27(24-11-4-2-5-12-24)15-17-29(18-16-27)20-22-9-8-10-23(19-22)26(31)28-25-13-6-3-7-14-25/h2-14,19H,15-18,20H2,1H3,(H,28,31). The summed E-state index contributed by atoms with van der Waals surface area (Å²) in [5.41, 5.74) is 3.29. The third kappa shape index (κ3) is 4.75. The summed E-state index contributed by atoms with van der Waals surface area (Å²) in [6.07, 6.45) is 1.64. The van der Waals surface area contributed by atoms with Gasteiger partial charge in [0, 0.05) is 17.8 Å². The number of nitrogens with zero attached hydrogens (tertiary/aromatic N) is 1. The number of carbonyl (C=O) groups is 2. The molecular weight excluding hydrogens is 384 g/mol. The smallest absolute Gasteiger partial charge is 0.255 e. The summed E-state index contributed by atoms with van der Waals surface area (Å²) in [5.74, 6) is 0.143. The van der Waals surface area contributed by atoms with Crippen molar-refractivity contribution in [2.45, 2.75) is 31.7 Å². The number of piperidine rings is 1. The maximum atomic E-state index is 12.6. The molecule has 0 atom stereocenters. The van der Waals surface area contributed by atoms with Crippen molar-refractivity contribution in [1.82, 2.24) is 4.90 Å². The first-order chi connectivity index (χ1) is 15.1. The molecule has 158 valence electrons. The molecule has 0 spiro atoms. The number of likely N-dealkylation sites (tertiary alicyclic amines) is 1. The molecule has 1 aliphatic rings. The highest BCUT2D eigenvalue weighted by molar-refractivity contribution is 6.04. The van der Waals surface area contributed by atoms with E-state index in [0.29, 0.717) is 5.56 Å². The number of hydrogen-bond donors (Lipinski definition) is 1. The Morgan fingerprint density at radius 1 is 0.871 bits per heavy atom. The summed E-state index contributed by atoms with van der Waals surface area (Å²) in [5, 5.41) is 2.94. The van der Waals surface area contributed by atoms with E-state index in [0.717, 1.165) is 49.3 Å². The molecule has 4 heteroatoms. The molecule has 31 heavy (non-hydrogen) atoms. The third-order valence-electron chi connectivity index (χ3n) is 6.34. The van der Waals surface area contributed by atoms with Crippen molar-refractivity contribution in [2.24, 2.45) is 0 Å². The van der Waals surface area contributed by atoms with Crippen LogP contribution in [0, 0.1) is 0 Å². The number of Topliss-reactive ketones (excluding diaryl/α,β-unsaturated/α-hetero) is 1. The summed E-state index contributed by atoms with van der Waals surface area (Å²) in [4.78, 5) is 27.6. The van der Waals surface area contributed by atoms with Gasteiger partial charge in [-0.15, -0.1) is 0 Å². The summed E-state index contributed by atoms with van der Waals surface area (Å²) in [7, 11) is 0. The van der Waals surface area contributed by atoms with Gasteiger partial charge in [-0.05, 0) is 68.2 Å². The second-order valence-electron chi connectivity index (χ2n) is 8.30. The SMILES string of the molecule is CC(=O)C1(c2ccccc2)CCN(Cc2cccc(C(=O)Nc3ccccc3)c2)CC1. The number of carbonyl (C=O) groups excluding carboxylic acids is 2. The summed E-state index contributed by atoms with van der Waals surface area (Å²) in [6.45, 7) is 4.20. The first-order valence-corrected chi connectivity index (χ1v) is 10.8. The van der Waals surface area contributed by atoms with Crippen LogP contribution in [0.25, 0.3) is 0 Å². The maximum absolute atomic E-state index is 12.6. The number of benzene rings is 3. The number of ketones is 1. The molecule has 1 saturated heterocycles. The molecule has 3 aromatic carbocycles. The molecule has 4 nitrogen and oxygen atoms in total. The van der Waals surface area contributed by atoms with Crippen molar-refractivity contribution < 1.29 is 9.59 Å². The maximum Gasteiger partial charge on any atom is 0.255 e. The predicted molar refractivity (Wildman–Crippen MR) is 124 cm³/mol. The molecule has 1 amide bonds. The zero-order valence-corrected chi connectivity index (χ0v) is 17.9. The minimum atomic E-state index is -0.380. The van der Waals surface area contributed by atoms with Crippen molar-refractivity contribution in [1.29, 1.82) is 0 Å². The summed E-state index contributed by atoms with van der Waals surface area (Å²) < 4.78 is 0. The number of para-hydroxylation sites is 1. The monoisotopic (exact) mass is 412 g/mol. The number of anilines is 1. The van der Waals surface area contributed by atoms with Crippen molar-refractivity contribution in [2.75, 3.05) is 18.4 Å². The Balaban J connectivity index is 1.41. The van der Waals surface area contributed by atoms with Gasteiger partial charge in [0.05, 0.1) is 5.41 Å². The minimum Gasteiger partial charge on any atom is -0.322 e. The highest BCUT2D eigenvalue weighted by Gasteiger charge is 2.40. The van der Waals surface area contributed by atoms with E-state index in [1.807, 2.05) is 66.7 Å². The summed E-state index contributed by atoms with van der Waals surface area (Å²) in [6, 6.07) is 27.4. The van der Waals surface area contributed by atoms with Crippen LogP contribution < -0.4 is 5.32 Å². The van der Waals surface area contributed by atoms with Gasteiger partial charge in [-0.25, -0.2) is 0 Å². The van der Waals surface area contributed by atoms with Gasteiger partial charge in [-0.1, -0.05) is 60.7 Å². The Kier molecular flexibility index (Phi) is 6.28. The van der Waals surface area contributed by atoms with E-state index >= 15 is 0 Å². The van der Waals surface area contributed by atoms with Crippen molar-refractivity contribution in [3.63, 3.8) is 0 Å². The third-order valence-corrected chi connectivity index (χ3v) is 6.34.